The van der Waals surface area contributed by atoms with Crippen molar-refractivity contribution in [1.82, 2.24) is 9.97 Å². The van der Waals surface area contributed by atoms with E-state index in [0.29, 0.717) is 37.2 Å². The minimum absolute atomic E-state index is 0.0776. The molecule has 0 bridgehead atoms. The van der Waals surface area contributed by atoms with Gasteiger partial charge in [-0.1, -0.05) is 18.2 Å². The van der Waals surface area contributed by atoms with E-state index in [-0.39, 0.29) is 23.8 Å². The highest BCUT2D eigenvalue weighted by atomic mass is 19.1. The lowest BCUT2D eigenvalue weighted by Crippen LogP contribution is -2.40. The Kier molecular flexibility index (Phi) is 6.21. The van der Waals surface area contributed by atoms with E-state index in [4.69, 9.17) is 10.7 Å². The van der Waals surface area contributed by atoms with Gasteiger partial charge in [-0.3, -0.25) is 4.79 Å². The highest BCUT2D eigenvalue weighted by Gasteiger charge is 2.34. The monoisotopic (exact) mass is 439 g/mol. The number of fused-ring (bicyclic) bond motifs is 1. The third-order valence-electron chi connectivity index (χ3n) is 6.20. The summed E-state index contributed by atoms with van der Waals surface area (Å²) in [5.41, 5.74) is 6.81. The van der Waals surface area contributed by atoms with Gasteiger partial charge < -0.3 is 16.0 Å². The molecule has 1 saturated carbocycles. The van der Waals surface area contributed by atoms with Crippen LogP contribution < -0.4 is 16.0 Å². The van der Waals surface area contributed by atoms with E-state index in [1.165, 1.54) is 12.1 Å². The van der Waals surface area contributed by atoms with Crippen LogP contribution in [0.25, 0.3) is 10.9 Å². The van der Waals surface area contributed by atoms with Crippen LogP contribution in [0.3, 0.4) is 0 Å². The van der Waals surface area contributed by atoms with Crippen LogP contribution in [-0.4, -0.2) is 36.0 Å². The minimum atomic E-state index is -0.611. The van der Waals surface area contributed by atoms with Crippen LogP contribution >= 0.6 is 0 Å². The fourth-order valence-electron chi connectivity index (χ4n) is 4.54. The lowest BCUT2D eigenvalue weighted by Gasteiger charge is -2.36. The van der Waals surface area contributed by atoms with E-state index in [0.717, 1.165) is 22.8 Å². The zero-order valence-corrected chi connectivity index (χ0v) is 18.2. The molecular weight excluding hydrogens is 412 g/mol. The summed E-state index contributed by atoms with van der Waals surface area (Å²) in [5.74, 6) is -0.605. The molecular formula is C24H27F2N5O. The molecule has 1 amide bonds. The van der Waals surface area contributed by atoms with Gasteiger partial charge in [-0.05, 0) is 55.4 Å². The van der Waals surface area contributed by atoms with Crippen LogP contribution in [0.2, 0.25) is 0 Å². The van der Waals surface area contributed by atoms with Crippen molar-refractivity contribution in [3.8, 4) is 0 Å². The van der Waals surface area contributed by atoms with Crippen LogP contribution in [-0.2, 0) is 11.2 Å². The summed E-state index contributed by atoms with van der Waals surface area (Å²) in [6, 6.07) is 11.3. The van der Waals surface area contributed by atoms with Crippen molar-refractivity contribution in [1.29, 1.82) is 0 Å². The maximum Gasteiger partial charge on any atom is 0.225 e. The standard InChI is InChI=1S/C24H27F2N5O/c1-31(2)23-18-5-3-4-6-21(18)29-24(30-23)28-20-10-8-15(22(27)32)12-16(20)11-14-7-9-17(25)13-19(14)26/h3-7,9,13,15-16,20H,8,10-12H2,1-2H3,(H2,27,32)(H,28,29,30). The Morgan fingerprint density at radius 1 is 1.16 bits per heavy atom. The first-order chi connectivity index (χ1) is 15.3. The Morgan fingerprint density at radius 3 is 2.66 bits per heavy atom. The second kappa shape index (κ2) is 9.06. The summed E-state index contributed by atoms with van der Waals surface area (Å²) in [7, 11) is 3.85. The molecule has 8 heteroatoms. The summed E-state index contributed by atoms with van der Waals surface area (Å²) >= 11 is 0. The third kappa shape index (κ3) is 4.64. The van der Waals surface area contributed by atoms with E-state index < -0.39 is 11.6 Å². The van der Waals surface area contributed by atoms with Crippen molar-refractivity contribution >= 4 is 28.6 Å². The molecule has 1 aromatic heterocycles. The molecule has 2 aromatic carbocycles. The summed E-state index contributed by atoms with van der Waals surface area (Å²) in [4.78, 5) is 23.2. The van der Waals surface area contributed by atoms with Crippen molar-refractivity contribution in [2.75, 3.05) is 24.3 Å². The van der Waals surface area contributed by atoms with Gasteiger partial charge in [0.05, 0.1) is 5.52 Å². The van der Waals surface area contributed by atoms with Gasteiger partial charge in [-0.25, -0.2) is 13.8 Å². The molecule has 0 spiro atoms. The first kappa shape index (κ1) is 21.9. The molecule has 1 aliphatic rings. The van der Waals surface area contributed by atoms with Crippen molar-refractivity contribution in [3.63, 3.8) is 0 Å². The van der Waals surface area contributed by atoms with Crippen molar-refractivity contribution in [2.24, 2.45) is 17.6 Å². The zero-order valence-electron chi connectivity index (χ0n) is 18.2. The van der Waals surface area contributed by atoms with Gasteiger partial charge in [0.2, 0.25) is 11.9 Å². The molecule has 1 heterocycles. The topological polar surface area (TPSA) is 84.1 Å². The van der Waals surface area contributed by atoms with Gasteiger partial charge >= 0.3 is 0 Å². The fraction of sp³-hybridized carbons (Fsp3) is 0.375. The van der Waals surface area contributed by atoms with Crippen LogP contribution in [0.1, 0.15) is 24.8 Å². The fourth-order valence-corrected chi connectivity index (χ4v) is 4.54. The lowest BCUT2D eigenvalue weighted by molar-refractivity contribution is -0.123. The van der Waals surface area contributed by atoms with Gasteiger partial charge in [0.15, 0.2) is 0 Å². The number of nitrogens with two attached hydrogens (primary N) is 1. The third-order valence-corrected chi connectivity index (χ3v) is 6.20. The molecule has 3 aromatic rings. The Bertz CT molecular complexity index is 1140. The molecule has 3 atom stereocenters. The number of rotatable bonds is 6. The number of anilines is 2. The van der Waals surface area contributed by atoms with Gasteiger partial charge in [0, 0.05) is 37.5 Å². The van der Waals surface area contributed by atoms with E-state index >= 15 is 0 Å². The van der Waals surface area contributed by atoms with Crippen LogP contribution in [0.15, 0.2) is 42.5 Å². The average molecular weight is 440 g/mol. The lowest BCUT2D eigenvalue weighted by atomic mass is 9.75. The molecule has 3 unspecified atom stereocenters. The quantitative estimate of drug-likeness (QED) is 0.609. The highest BCUT2D eigenvalue weighted by molar-refractivity contribution is 5.90. The van der Waals surface area contributed by atoms with E-state index in [1.807, 2.05) is 43.3 Å². The summed E-state index contributed by atoms with van der Waals surface area (Å²) in [5, 5.41) is 4.38. The van der Waals surface area contributed by atoms with Crippen LogP contribution in [0.5, 0.6) is 0 Å². The van der Waals surface area contributed by atoms with Crippen LogP contribution in [0.4, 0.5) is 20.5 Å². The number of halogens is 2. The second-order valence-corrected chi connectivity index (χ2v) is 8.65. The molecule has 3 N–H and O–H groups in total. The molecule has 32 heavy (non-hydrogen) atoms. The first-order valence-electron chi connectivity index (χ1n) is 10.8. The smallest absolute Gasteiger partial charge is 0.225 e. The molecule has 6 nitrogen and oxygen atoms in total. The molecule has 4 rings (SSSR count). The summed E-state index contributed by atoms with van der Waals surface area (Å²) < 4.78 is 27.7. The molecule has 1 fully saturated rings. The number of aromatic nitrogens is 2. The number of nitrogens with one attached hydrogen (secondary N) is 1. The number of nitrogens with zero attached hydrogens (tertiary/aromatic N) is 3. The number of benzene rings is 2. The zero-order chi connectivity index (χ0) is 22.8. The first-order valence-corrected chi connectivity index (χ1v) is 10.8. The van der Waals surface area contributed by atoms with Crippen molar-refractivity contribution in [3.05, 3.63) is 59.7 Å². The Hall–Kier alpha value is -3.29. The van der Waals surface area contributed by atoms with Crippen molar-refractivity contribution < 1.29 is 13.6 Å². The SMILES string of the molecule is CN(C)c1nc(NC2CCC(C(N)=O)CC2Cc2ccc(F)cc2F)nc2ccccc12. The summed E-state index contributed by atoms with van der Waals surface area (Å²) in [6.45, 7) is 0. The largest absolute Gasteiger partial charge is 0.369 e. The summed E-state index contributed by atoms with van der Waals surface area (Å²) in [6.07, 6.45) is 2.21. The predicted molar refractivity (Wildman–Crippen MR) is 121 cm³/mol. The number of hydrogen-bond acceptors (Lipinski definition) is 5. The van der Waals surface area contributed by atoms with E-state index in [1.54, 1.807) is 0 Å². The average Bonchev–Trinajstić information content (AvgIpc) is 2.76. The van der Waals surface area contributed by atoms with E-state index in [9.17, 15) is 13.6 Å². The number of para-hydroxylation sites is 1. The Labute approximate surface area is 185 Å². The van der Waals surface area contributed by atoms with E-state index in [2.05, 4.69) is 10.3 Å². The van der Waals surface area contributed by atoms with Gasteiger partial charge in [0.25, 0.3) is 0 Å². The number of carbonyl (C=O) groups is 1. The molecule has 0 saturated heterocycles. The maximum atomic E-state index is 14.3. The number of hydrogen-bond donors (Lipinski definition) is 2. The number of primary amides is 1. The van der Waals surface area contributed by atoms with Gasteiger partial charge in [0.1, 0.15) is 17.5 Å². The van der Waals surface area contributed by atoms with Gasteiger partial charge in [-0.2, -0.15) is 4.98 Å². The predicted octanol–water partition coefficient (Wildman–Crippen LogP) is 3.90. The molecule has 0 radical (unpaired) electrons. The Morgan fingerprint density at radius 2 is 1.94 bits per heavy atom. The van der Waals surface area contributed by atoms with Crippen LogP contribution in [0, 0.1) is 23.5 Å². The number of carbonyl (C=O) groups excluding carboxylic acids is 1. The highest BCUT2D eigenvalue weighted by Crippen LogP contribution is 2.34. The number of amides is 1. The minimum Gasteiger partial charge on any atom is -0.369 e. The maximum absolute atomic E-state index is 14.3. The Balaban J connectivity index is 1.63. The van der Waals surface area contributed by atoms with Crippen molar-refractivity contribution in [2.45, 2.75) is 31.7 Å². The van der Waals surface area contributed by atoms with Gasteiger partial charge in [-0.15, -0.1) is 0 Å². The molecule has 0 aliphatic heterocycles. The molecule has 168 valence electrons. The molecule has 1 aliphatic carbocycles. The normalized spacial score (nSPS) is 20.8. The second-order valence-electron chi connectivity index (χ2n) is 8.65.